The van der Waals surface area contributed by atoms with Crippen LogP contribution in [0, 0.1) is 18.7 Å². The number of hydrogen-bond donors (Lipinski definition) is 2. The molecule has 1 aliphatic carbocycles. The molecule has 2 N–H and O–H groups in total. The summed E-state index contributed by atoms with van der Waals surface area (Å²) in [6.45, 7) is 1.71. The summed E-state index contributed by atoms with van der Waals surface area (Å²) in [7, 11) is 0. The summed E-state index contributed by atoms with van der Waals surface area (Å²) < 4.78 is 14.7. The van der Waals surface area contributed by atoms with Crippen molar-refractivity contribution < 1.29 is 14.3 Å². The van der Waals surface area contributed by atoms with Gasteiger partial charge in [-0.3, -0.25) is 4.79 Å². The fourth-order valence-corrected chi connectivity index (χ4v) is 4.65. The first-order chi connectivity index (χ1) is 12.0. The minimum Gasteiger partial charge on any atom is -0.508 e. The van der Waals surface area contributed by atoms with E-state index in [0.29, 0.717) is 11.3 Å². The molecule has 130 valence electrons. The zero-order valence-corrected chi connectivity index (χ0v) is 14.3. The summed E-state index contributed by atoms with van der Waals surface area (Å²) in [6.07, 6.45) is 5.24. The molecule has 1 aliphatic heterocycles. The molecule has 2 aromatic carbocycles. The number of halogens is 1. The first-order valence-electron chi connectivity index (χ1n) is 8.95. The Morgan fingerprint density at radius 2 is 1.76 bits per heavy atom. The molecule has 1 unspecified atom stereocenters. The predicted octanol–water partition coefficient (Wildman–Crippen LogP) is 4.66. The number of phenols is 1. The van der Waals surface area contributed by atoms with Crippen LogP contribution in [0.4, 0.5) is 10.1 Å². The maximum atomic E-state index is 14.7. The van der Waals surface area contributed by atoms with Gasteiger partial charge in [0.25, 0.3) is 0 Å². The zero-order chi connectivity index (χ0) is 17.6. The van der Waals surface area contributed by atoms with Gasteiger partial charge in [-0.05, 0) is 54.5 Å². The molecule has 4 rings (SSSR count). The third kappa shape index (κ3) is 2.27. The second-order valence-corrected chi connectivity index (χ2v) is 7.26. The van der Waals surface area contributed by atoms with Crippen LogP contribution >= 0.6 is 0 Å². The Balaban J connectivity index is 1.98. The fraction of sp³-hybridized carbons (Fsp3) is 0.381. The number of hydrogen-bond acceptors (Lipinski definition) is 2. The lowest BCUT2D eigenvalue weighted by atomic mass is 9.62. The second-order valence-electron chi connectivity index (χ2n) is 7.26. The number of rotatable bonds is 2. The molecular weight excluding hydrogens is 317 g/mol. The lowest BCUT2D eigenvalue weighted by Gasteiger charge is -2.39. The maximum absolute atomic E-state index is 14.7. The number of anilines is 1. The van der Waals surface area contributed by atoms with E-state index in [1.165, 1.54) is 6.42 Å². The molecule has 1 saturated carbocycles. The van der Waals surface area contributed by atoms with Gasteiger partial charge in [0, 0.05) is 0 Å². The van der Waals surface area contributed by atoms with Crippen LogP contribution in [0.15, 0.2) is 36.4 Å². The number of carbonyl (C=O) groups is 1. The molecule has 1 heterocycles. The molecule has 0 radical (unpaired) electrons. The number of benzene rings is 2. The normalized spacial score (nSPS) is 23.4. The Labute approximate surface area is 146 Å². The van der Waals surface area contributed by atoms with Gasteiger partial charge in [-0.25, -0.2) is 4.39 Å². The summed E-state index contributed by atoms with van der Waals surface area (Å²) in [6, 6.07) is 10.5. The molecule has 1 amide bonds. The highest BCUT2D eigenvalue weighted by Gasteiger charge is 2.54. The van der Waals surface area contributed by atoms with Crippen molar-refractivity contribution >= 4 is 11.6 Å². The number of amides is 1. The van der Waals surface area contributed by atoms with Gasteiger partial charge >= 0.3 is 0 Å². The van der Waals surface area contributed by atoms with Crippen LogP contribution in [0.5, 0.6) is 5.75 Å². The molecule has 2 aromatic rings. The lowest BCUT2D eigenvalue weighted by molar-refractivity contribution is -0.121. The van der Waals surface area contributed by atoms with Crippen molar-refractivity contribution in [3.8, 4) is 5.75 Å². The third-order valence-corrected chi connectivity index (χ3v) is 5.90. The van der Waals surface area contributed by atoms with Crippen LogP contribution in [0.1, 0.15) is 48.8 Å². The molecule has 2 aliphatic rings. The topological polar surface area (TPSA) is 49.3 Å². The molecule has 0 bridgehead atoms. The van der Waals surface area contributed by atoms with Gasteiger partial charge in [-0.2, -0.15) is 0 Å². The number of carbonyl (C=O) groups excluding carboxylic acids is 1. The summed E-state index contributed by atoms with van der Waals surface area (Å²) in [5.74, 6) is -0.197. The van der Waals surface area contributed by atoms with Gasteiger partial charge in [-0.1, -0.05) is 43.5 Å². The molecule has 0 aromatic heterocycles. The molecule has 0 saturated heterocycles. The standard InChI is InChI=1S/C21H22FNO2/c1-13-7-12-17-19(18(13)22)23-20(25)21(17,14-5-3-2-4-6-14)15-8-10-16(24)11-9-15/h7-12,14,24H,2-6H2,1H3,(H,23,25). The van der Waals surface area contributed by atoms with E-state index in [9.17, 15) is 14.3 Å². The molecule has 4 heteroatoms. The van der Waals surface area contributed by atoms with Crippen molar-refractivity contribution in [3.63, 3.8) is 0 Å². The van der Waals surface area contributed by atoms with Crippen LogP contribution in [-0.2, 0) is 10.2 Å². The molecule has 3 nitrogen and oxygen atoms in total. The maximum Gasteiger partial charge on any atom is 0.239 e. The predicted molar refractivity (Wildman–Crippen MR) is 95.2 cm³/mol. The van der Waals surface area contributed by atoms with E-state index in [1.54, 1.807) is 37.3 Å². The van der Waals surface area contributed by atoms with Crippen molar-refractivity contribution in [1.82, 2.24) is 0 Å². The van der Waals surface area contributed by atoms with E-state index in [1.807, 2.05) is 6.07 Å². The highest BCUT2D eigenvalue weighted by atomic mass is 19.1. The van der Waals surface area contributed by atoms with Crippen molar-refractivity contribution in [2.75, 3.05) is 5.32 Å². The van der Waals surface area contributed by atoms with E-state index >= 15 is 0 Å². The first kappa shape index (κ1) is 16.1. The van der Waals surface area contributed by atoms with Crippen LogP contribution in [0.25, 0.3) is 0 Å². The first-order valence-corrected chi connectivity index (χ1v) is 8.95. The minimum absolute atomic E-state index is 0.133. The smallest absolute Gasteiger partial charge is 0.239 e. The van der Waals surface area contributed by atoms with E-state index in [0.717, 1.165) is 36.8 Å². The fourth-order valence-electron chi connectivity index (χ4n) is 4.65. The van der Waals surface area contributed by atoms with Crippen molar-refractivity contribution in [2.24, 2.45) is 5.92 Å². The molecule has 1 atom stereocenters. The monoisotopic (exact) mass is 339 g/mol. The second kappa shape index (κ2) is 5.87. The average Bonchev–Trinajstić information content (AvgIpc) is 2.93. The largest absolute Gasteiger partial charge is 0.508 e. The Bertz CT molecular complexity index is 825. The van der Waals surface area contributed by atoms with Crippen molar-refractivity contribution in [1.29, 1.82) is 0 Å². The zero-order valence-electron chi connectivity index (χ0n) is 14.3. The molecule has 25 heavy (non-hydrogen) atoms. The Kier molecular flexibility index (Phi) is 3.78. The number of phenolic OH excluding ortho intramolecular Hbond substituents is 1. The van der Waals surface area contributed by atoms with Gasteiger partial charge in [0.2, 0.25) is 5.91 Å². The summed E-state index contributed by atoms with van der Waals surface area (Å²) in [4.78, 5) is 13.3. The quantitative estimate of drug-likeness (QED) is 0.836. The van der Waals surface area contributed by atoms with Crippen molar-refractivity contribution in [3.05, 3.63) is 58.9 Å². The SMILES string of the molecule is Cc1ccc2c(c1F)NC(=O)C2(c1ccc(O)cc1)C1CCCCC1. The summed E-state index contributed by atoms with van der Waals surface area (Å²) in [5, 5.41) is 12.5. The number of aryl methyl sites for hydroxylation is 1. The third-order valence-electron chi connectivity index (χ3n) is 5.90. The van der Waals surface area contributed by atoms with E-state index in [-0.39, 0.29) is 23.4 Å². The highest BCUT2D eigenvalue weighted by molar-refractivity contribution is 6.09. The molecular formula is C21H22FNO2. The van der Waals surface area contributed by atoms with Crippen LogP contribution in [0.2, 0.25) is 0 Å². The summed E-state index contributed by atoms with van der Waals surface area (Å²) >= 11 is 0. The number of aromatic hydroxyl groups is 1. The Morgan fingerprint density at radius 3 is 2.44 bits per heavy atom. The Hall–Kier alpha value is -2.36. The number of fused-ring (bicyclic) bond motifs is 1. The van der Waals surface area contributed by atoms with Crippen LogP contribution in [0.3, 0.4) is 0 Å². The average molecular weight is 339 g/mol. The molecule has 0 spiro atoms. The Morgan fingerprint density at radius 1 is 1.08 bits per heavy atom. The minimum atomic E-state index is -0.877. The lowest BCUT2D eigenvalue weighted by Crippen LogP contribution is -2.43. The van der Waals surface area contributed by atoms with Gasteiger partial charge in [0.15, 0.2) is 0 Å². The number of nitrogens with one attached hydrogen (secondary N) is 1. The van der Waals surface area contributed by atoms with E-state index in [2.05, 4.69) is 5.32 Å². The highest BCUT2D eigenvalue weighted by Crippen LogP contribution is 2.53. The van der Waals surface area contributed by atoms with Crippen LogP contribution in [-0.4, -0.2) is 11.0 Å². The van der Waals surface area contributed by atoms with Gasteiger partial charge in [0.1, 0.15) is 17.0 Å². The van der Waals surface area contributed by atoms with E-state index in [4.69, 9.17) is 0 Å². The van der Waals surface area contributed by atoms with Crippen LogP contribution < -0.4 is 5.32 Å². The van der Waals surface area contributed by atoms with Crippen molar-refractivity contribution in [2.45, 2.75) is 44.4 Å². The van der Waals surface area contributed by atoms with Gasteiger partial charge < -0.3 is 10.4 Å². The van der Waals surface area contributed by atoms with Gasteiger partial charge in [-0.15, -0.1) is 0 Å². The summed E-state index contributed by atoms with van der Waals surface area (Å²) in [5.41, 5.74) is 1.54. The van der Waals surface area contributed by atoms with Gasteiger partial charge in [0.05, 0.1) is 5.69 Å². The molecule has 1 fully saturated rings. The van der Waals surface area contributed by atoms with E-state index < -0.39 is 5.41 Å².